The van der Waals surface area contributed by atoms with Gasteiger partial charge in [0.2, 0.25) is 5.52 Å². The number of hydrogen-bond acceptors (Lipinski definition) is 2. The zero-order valence-electron chi connectivity index (χ0n) is 13.2. The van der Waals surface area contributed by atoms with E-state index in [4.69, 9.17) is 9.72 Å². The maximum Gasteiger partial charge on any atom is 0.287 e. The highest BCUT2D eigenvalue weighted by Gasteiger charge is 2.23. The van der Waals surface area contributed by atoms with Gasteiger partial charge in [0, 0.05) is 17.7 Å². The van der Waals surface area contributed by atoms with Gasteiger partial charge in [0.05, 0.1) is 25.5 Å². The Kier molecular flexibility index (Phi) is 3.23. The van der Waals surface area contributed by atoms with Gasteiger partial charge in [-0.1, -0.05) is 36.4 Å². The zero-order valence-corrected chi connectivity index (χ0v) is 13.2. The van der Waals surface area contributed by atoms with E-state index < -0.39 is 0 Å². The first-order valence-electron chi connectivity index (χ1n) is 7.76. The van der Waals surface area contributed by atoms with Crippen molar-refractivity contribution < 1.29 is 9.30 Å². The van der Waals surface area contributed by atoms with E-state index in [2.05, 4.69) is 52.4 Å². The van der Waals surface area contributed by atoms with E-state index in [-0.39, 0.29) is 0 Å². The molecule has 0 atom stereocenters. The van der Waals surface area contributed by atoms with E-state index in [1.54, 1.807) is 7.11 Å². The van der Waals surface area contributed by atoms with Crippen molar-refractivity contribution in [2.75, 3.05) is 7.11 Å². The Labute approximate surface area is 134 Å². The third kappa shape index (κ3) is 2.06. The summed E-state index contributed by atoms with van der Waals surface area (Å²) in [6.45, 7) is 3.00. The van der Waals surface area contributed by atoms with Gasteiger partial charge in [0.15, 0.2) is 5.52 Å². The van der Waals surface area contributed by atoms with Crippen LogP contribution in [0.1, 0.15) is 6.92 Å². The Balaban J connectivity index is 2.13. The van der Waals surface area contributed by atoms with E-state index >= 15 is 0 Å². The molecular formula is C19H18N3O+. The fourth-order valence-corrected chi connectivity index (χ4v) is 3.13. The van der Waals surface area contributed by atoms with Gasteiger partial charge in [-0.05, 0) is 13.0 Å². The number of imidazole rings is 1. The summed E-state index contributed by atoms with van der Waals surface area (Å²) in [6, 6.07) is 18.5. The number of aryl methyl sites for hydroxylation is 1. The summed E-state index contributed by atoms with van der Waals surface area (Å²) in [5.41, 5.74) is 5.27. The molecule has 0 unspecified atom stereocenters. The SMILES string of the molecule is CC[n+]1c2c(OC)nc(-c3ccccc3)cc2n2ccccc21. The van der Waals surface area contributed by atoms with Crippen LogP contribution in [0.4, 0.5) is 0 Å². The summed E-state index contributed by atoms with van der Waals surface area (Å²) in [7, 11) is 1.68. The lowest BCUT2D eigenvalue weighted by Crippen LogP contribution is -2.32. The monoisotopic (exact) mass is 304 g/mol. The normalized spacial score (nSPS) is 11.2. The Hall–Kier alpha value is -2.88. The van der Waals surface area contributed by atoms with Crippen LogP contribution in [0.25, 0.3) is 27.9 Å². The van der Waals surface area contributed by atoms with Gasteiger partial charge >= 0.3 is 0 Å². The number of hydrogen-bond donors (Lipinski definition) is 0. The molecular weight excluding hydrogens is 286 g/mol. The standard InChI is InChI=1S/C19H18N3O/c1-3-21-17-11-7-8-12-22(17)16-13-15(14-9-5-4-6-10-14)20-19(23-2)18(16)21/h4-13H,3H2,1-2H3/q+1. The second kappa shape index (κ2) is 5.39. The molecule has 0 aliphatic rings. The van der Waals surface area contributed by atoms with Crippen LogP contribution in [0.3, 0.4) is 0 Å². The number of aromatic nitrogens is 3. The van der Waals surface area contributed by atoms with Crippen molar-refractivity contribution in [2.45, 2.75) is 13.5 Å². The summed E-state index contributed by atoms with van der Waals surface area (Å²) in [4.78, 5) is 4.74. The molecule has 0 spiro atoms. The predicted octanol–water partition coefficient (Wildman–Crippen LogP) is 3.47. The van der Waals surface area contributed by atoms with Crippen LogP contribution in [0, 0.1) is 0 Å². The fourth-order valence-electron chi connectivity index (χ4n) is 3.13. The maximum absolute atomic E-state index is 5.62. The summed E-state index contributed by atoms with van der Waals surface area (Å²) in [5.74, 6) is 0.659. The van der Waals surface area contributed by atoms with E-state index in [1.165, 1.54) is 0 Å². The minimum Gasteiger partial charge on any atom is -0.478 e. The second-order valence-electron chi connectivity index (χ2n) is 5.42. The van der Waals surface area contributed by atoms with Crippen LogP contribution in [-0.4, -0.2) is 16.5 Å². The minimum absolute atomic E-state index is 0.659. The first-order chi connectivity index (χ1) is 11.3. The molecule has 3 aromatic heterocycles. The van der Waals surface area contributed by atoms with Crippen LogP contribution in [0.5, 0.6) is 5.88 Å². The van der Waals surface area contributed by atoms with Crippen molar-refractivity contribution in [3.05, 3.63) is 60.8 Å². The van der Waals surface area contributed by atoms with Crippen LogP contribution >= 0.6 is 0 Å². The first kappa shape index (κ1) is 13.8. The summed E-state index contributed by atoms with van der Waals surface area (Å²) in [6.07, 6.45) is 2.08. The number of fused-ring (bicyclic) bond motifs is 3. The molecule has 0 N–H and O–H groups in total. The molecule has 4 nitrogen and oxygen atoms in total. The average molecular weight is 304 g/mol. The topological polar surface area (TPSA) is 30.4 Å². The highest BCUT2D eigenvalue weighted by molar-refractivity contribution is 5.84. The van der Waals surface area contributed by atoms with Crippen molar-refractivity contribution in [1.29, 1.82) is 0 Å². The smallest absolute Gasteiger partial charge is 0.287 e. The molecule has 0 amide bonds. The average Bonchev–Trinajstić information content (AvgIpc) is 2.95. The Morgan fingerprint density at radius 3 is 2.61 bits per heavy atom. The molecule has 3 heterocycles. The first-order valence-corrected chi connectivity index (χ1v) is 7.76. The molecule has 0 saturated heterocycles. The zero-order chi connectivity index (χ0) is 15.8. The van der Waals surface area contributed by atoms with Crippen LogP contribution in [0.15, 0.2) is 60.8 Å². The second-order valence-corrected chi connectivity index (χ2v) is 5.42. The number of nitrogens with zero attached hydrogens (tertiary/aromatic N) is 3. The third-order valence-electron chi connectivity index (χ3n) is 4.16. The number of rotatable bonds is 3. The molecule has 0 bridgehead atoms. The Bertz CT molecular complexity index is 990. The number of benzene rings is 1. The van der Waals surface area contributed by atoms with Crippen molar-refractivity contribution in [3.8, 4) is 17.1 Å². The van der Waals surface area contributed by atoms with E-state index in [1.807, 2.05) is 24.3 Å². The van der Waals surface area contributed by atoms with Gasteiger partial charge in [-0.3, -0.25) is 0 Å². The van der Waals surface area contributed by atoms with Crippen LogP contribution in [0.2, 0.25) is 0 Å². The highest BCUT2D eigenvalue weighted by atomic mass is 16.5. The molecule has 0 fully saturated rings. The largest absolute Gasteiger partial charge is 0.478 e. The van der Waals surface area contributed by atoms with E-state index in [0.29, 0.717) is 5.88 Å². The molecule has 4 heteroatoms. The van der Waals surface area contributed by atoms with Crippen molar-refractivity contribution >= 4 is 16.7 Å². The van der Waals surface area contributed by atoms with Gasteiger partial charge in [0.1, 0.15) is 0 Å². The lowest BCUT2D eigenvalue weighted by atomic mass is 10.1. The molecule has 0 saturated carbocycles. The van der Waals surface area contributed by atoms with Gasteiger partial charge < -0.3 is 4.74 Å². The van der Waals surface area contributed by atoms with Crippen molar-refractivity contribution in [1.82, 2.24) is 9.38 Å². The van der Waals surface area contributed by atoms with E-state index in [9.17, 15) is 0 Å². The molecule has 0 radical (unpaired) electrons. The van der Waals surface area contributed by atoms with Crippen molar-refractivity contribution in [2.24, 2.45) is 0 Å². The van der Waals surface area contributed by atoms with Crippen LogP contribution < -0.4 is 9.30 Å². The minimum atomic E-state index is 0.659. The van der Waals surface area contributed by atoms with Gasteiger partial charge in [-0.25, -0.2) is 9.55 Å². The van der Waals surface area contributed by atoms with Gasteiger partial charge in [-0.15, -0.1) is 0 Å². The molecule has 4 rings (SSSR count). The molecule has 0 aliphatic carbocycles. The summed E-state index contributed by atoms with van der Waals surface area (Å²) in [5, 5.41) is 0. The quantitative estimate of drug-likeness (QED) is 0.543. The number of ether oxygens (including phenoxy) is 1. The summed E-state index contributed by atoms with van der Waals surface area (Å²) >= 11 is 0. The predicted molar refractivity (Wildman–Crippen MR) is 90.6 cm³/mol. The highest BCUT2D eigenvalue weighted by Crippen LogP contribution is 2.28. The molecule has 4 aromatic rings. The molecule has 1 aromatic carbocycles. The fraction of sp³-hybridized carbons (Fsp3) is 0.158. The molecule has 0 aliphatic heterocycles. The maximum atomic E-state index is 5.62. The number of pyridine rings is 2. The van der Waals surface area contributed by atoms with Gasteiger partial charge in [-0.2, -0.15) is 4.40 Å². The van der Waals surface area contributed by atoms with Crippen LogP contribution in [-0.2, 0) is 6.54 Å². The Morgan fingerprint density at radius 2 is 1.87 bits per heavy atom. The van der Waals surface area contributed by atoms with Crippen molar-refractivity contribution in [3.63, 3.8) is 0 Å². The Morgan fingerprint density at radius 1 is 1.09 bits per heavy atom. The van der Waals surface area contributed by atoms with Gasteiger partial charge in [0.25, 0.3) is 11.5 Å². The molecule has 114 valence electrons. The lowest BCUT2D eigenvalue weighted by Gasteiger charge is -2.04. The lowest BCUT2D eigenvalue weighted by molar-refractivity contribution is -0.642. The third-order valence-corrected chi connectivity index (χ3v) is 4.16. The number of methoxy groups -OCH3 is 1. The van der Waals surface area contributed by atoms with E-state index in [0.717, 1.165) is 34.5 Å². The molecule has 23 heavy (non-hydrogen) atoms. The summed E-state index contributed by atoms with van der Waals surface area (Å²) < 4.78 is 10.0.